The second kappa shape index (κ2) is 6.76. The first-order valence-electron chi connectivity index (χ1n) is 6.29. The van der Waals surface area contributed by atoms with Crippen molar-refractivity contribution in [3.05, 3.63) is 34.9 Å². The van der Waals surface area contributed by atoms with E-state index in [0.29, 0.717) is 13.0 Å². The van der Waals surface area contributed by atoms with Gasteiger partial charge in [0.2, 0.25) is 5.91 Å². The van der Waals surface area contributed by atoms with Gasteiger partial charge in [0.1, 0.15) is 0 Å². The molecule has 0 radical (unpaired) electrons. The third kappa shape index (κ3) is 3.72. The van der Waals surface area contributed by atoms with Crippen molar-refractivity contribution < 1.29 is 4.79 Å². The summed E-state index contributed by atoms with van der Waals surface area (Å²) >= 11 is 0. The van der Waals surface area contributed by atoms with Gasteiger partial charge in [0.15, 0.2) is 0 Å². The van der Waals surface area contributed by atoms with Gasteiger partial charge in [0.25, 0.3) is 0 Å². The maximum Gasteiger partial charge on any atom is 0.224 e. The van der Waals surface area contributed by atoms with Crippen molar-refractivity contribution in [2.45, 2.75) is 38.6 Å². The molecule has 0 spiro atoms. The van der Waals surface area contributed by atoms with Crippen LogP contribution in [-0.4, -0.2) is 18.5 Å². The van der Waals surface area contributed by atoms with Gasteiger partial charge in [-0.25, -0.2) is 0 Å². The Hall–Kier alpha value is -1.06. The Balaban J connectivity index is 0.00000162. The van der Waals surface area contributed by atoms with E-state index in [1.807, 2.05) is 6.92 Å². The third-order valence-corrected chi connectivity index (χ3v) is 3.29. The minimum Gasteiger partial charge on any atom is -0.352 e. The fraction of sp³-hybridized carbons (Fsp3) is 0.500. The van der Waals surface area contributed by atoms with E-state index in [-0.39, 0.29) is 24.4 Å². The number of nitrogens with two attached hydrogens (primary N) is 1. The largest absolute Gasteiger partial charge is 0.352 e. The van der Waals surface area contributed by atoms with Crippen LogP contribution in [-0.2, 0) is 24.1 Å². The molecule has 2 rings (SSSR count). The van der Waals surface area contributed by atoms with Crippen LogP contribution in [0.15, 0.2) is 18.2 Å². The molecule has 100 valence electrons. The Morgan fingerprint density at radius 3 is 2.83 bits per heavy atom. The van der Waals surface area contributed by atoms with Crippen LogP contribution in [0.3, 0.4) is 0 Å². The smallest absolute Gasteiger partial charge is 0.224 e. The predicted octanol–water partition coefficient (Wildman–Crippen LogP) is 1.60. The highest BCUT2D eigenvalue weighted by molar-refractivity contribution is 5.85. The Labute approximate surface area is 115 Å². The number of halogens is 1. The van der Waals surface area contributed by atoms with Gasteiger partial charge in [-0.15, -0.1) is 12.4 Å². The van der Waals surface area contributed by atoms with E-state index >= 15 is 0 Å². The molecule has 0 fully saturated rings. The maximum absolute atomic E-state index is 11.7. The molecule has 1 aromatic rings. The fourth-order valence-corrected chi connectivity index (χ4v) is 2.31. The topological polar surface area (TPSA) is 55.1 Å². The van der Waals surface area contributed by atoms with Gasteiger partial charge in [-0.05, 0) is 42.9 Å². The van der Waals surface area contributed by atoms with Gasteiger partial charge >= 0.3 is 0 Å². The van der Waals surface area contributed by atoms with Gasteiger partial charge < -0.3 is 11.1 Å². The van der Waals surface area contributed by atoms with E-state index < -0.39 is 0 Å². The highest BCUT2D eigenvalue weighted by Gasteiger charge is 2.12. The fourth-order valence-electron chi connectivity index (χ4n) is 2.31. The van der Waals surface area contributed by atoms with Crippen LogP contribution in [0.4, 0.5) is 0 Å². The highest BCUT2D eigenvalue weighted by Crippen LogP contribution is 2.22. The number of carbonyl (C=O) groups excluding carboxylic acids is 1. The van der Waals surface area contributed by atoms with Crippen molar-refractivity contribution in [3.8, 4) is 0 Å². The number of rotatable bonds is 4. The molecule has 1 aliphatic rings. The summed E-state index contributed by atoms with van der Waals surface area (Å²) in [6.07, 6.45) is 4.04. The number of fused-ring (bicyclic) bond motifs is 1. The summed E-state index contributed by atoms with van der Waals surface area (Å²) in [7, 11) is 0. The number of hydrogen-bond donors (Lipinski definition) is 2. The van der Waals surface area contributed by atoms with Crippen molar-refractivity contribution >= 4 is 18.3 Å². The Morgan fingerprint density at radius 1 is 1.39 bits per heavy atom. The summed E-state index contributed by atoms with van der Waals surface area (Å²) in [6, 6.07) is 6.46. The molecule has 18 heavy (non-hydrogen) atoms. The zero-order valence-corrected chi connectivity index (χ0v) is 11.6. The second-order valence-electron chi connectivity index (χ2n) is 4.84. The number of benzene rings is 1. The summed E-state index contributed by atoms with van der Waals surface area (Å²) in [5, 5.41) is 2.88. The molecular formula is C14H21ClN2O. The molecule has 0 saturated heterocycles. The van der Waals surface area contributed by atoms with Gasteiger partial charge in [-0.3, -0.25) is 4.79 Å². The lowest BCUT2D eigenvalue weighted by Gasteiger charge is -2.11. The van der Waals surface area contributed by atoms with Crippen LogP contribution >= 0.6 is 12.4 Å². The van der Waals surface area contributed by atoms with E-state index in [1.54, 1.807) is 0 Å². The van der Waals surface area contributed by atoms with E-state index in [9.17, 15) is 4.79 Å². The second-order valence-corrected chi connectivity index (χ2v) is 4.84. The van der Waals surface area contributed by atoms with Crippen LogP contribution in [0, 0.1) is 0 Å². The van der Waals surface area contributed by atoms with Crippen LogP contribution < -0.4 is 11.1 Å². The van der Waals surface area contributed by atoms with Crippen molar-refractivity contribution in [3.63, 3.8) is 0 Å². The molecule has 0 saturated carbocycles. The van der Waals surface area contributed by atoms with E-state index in [4.69, 9.17) is 5.73 Å². The van der Waals surface area contributed by atoms with Crippen LogP contribution in [0.5, 0.6) is 0 Å². The number of aryl methyl sites for hydroxylation is 2. The normalized spacial score (nSPS) is 14.6. The van der Waals surface area contributed by atoms with E-state index in [0.717, 1.165) is 12.0 Å². The standard InChI is InChI=1S/C14H20N2O.ClH/c1-10(9-15)16-14(17)8-11-5-6-12-3-2-4-13(12)7-11;/h5-7,10H,2-4,8-9,15H2,1H3,(H,16,17);1H/t10-;/m0./s1. The zero-order chi connectivity index (χ0) is 12.3. The van der Waals surface area contributed by atoms with Gasteiger partial charge in [0.05, 0.1) is 6.42 Å². The molecule has 3 N–H and O–H groups in total. The van der Waals surface area contributed by atoms with Crippen LogP contribution in [0.1, 0.15) is 30.0 Å². The molecule has 1 aliphatic carbocycles. The van der Waals surface area contributed by atoms with Crippen molar-refractivity contribution in [1.29, 1.82) is 0 Å². The maximum atomic E-state index is 11.7. The average Bonchev–Trinajstić information content (AvgIpc) is 2.75. The Kier molecular flexibility index (Phi) is 5.63. The van der Waals surface area contributed by atoms with Crippen LogP contribution in [0.2, 0.25) is 0 Å². The summed E-state index contributed by atoms with van der Waals surface area (Å²) < 4.78 is 0. The molecule has 0 aromatic heterocycles. The van der Waals surface area contributed by atoms with Crippen molar-refractivity contribution in [2.75, 3.05) is 6.54 Å². The molecule has 0 unspecified atom stereocenters. The minimum atomic E-state index is 0. The van der Waals surface area contributed by atoms with E-state index in [1.165, 1.54) is 24.0 Å². The van der Waals surface area contributed by atoms with Crippen LogP contribution in [0.25, 0.3) is 0 Å². The quantitative estimate of drug-likeness (QED) is 0.872. The molecule has 4 heteroatoms. The SMILES string of the molecule is C[C@@H](CN)NC(=O)Cc1ccc2c(c1)CCC2.Cl. The summed E-state index contributed by atoms with van der Waals surface area (Å²) in [4.78, 5) is 11.7. The van der Waals surface area contributed by atoms with Gasteiger partial charge in [-0.2, -0.15) is 0 Å². The molecular weight excluding hydrogens is 248 g/mol. The van der Waals surface area contributed by atoms with Crippen molar-refractivity contribution in [2.24, 2.45) is 5.73 Å². The molecule has 3 nitrogen and oxygen atoms in total. The molecule has 0 heterocycles. The lowest BCUT2D eigenvalue weighted by atomic mass is 10.0. The Bertz CT molecular complexity index is 420. The highest BCUT2D eigenvalue weighted by atomic mass is 35.5. The summed E-state index contributed by atoms with van der Waals surface area (Å²) in [5.41, 5.74) is 9.44. The number of nitrogens with one attached hydrogen (secondary N) is 1. The number of amides is 1. The first-order chi connectivity index (χ1) is 8.19. The summed E-state index contributed by atoms with van der Waals surface area (Å²) in [6.45, 7) is 2.40. The molecule has 0 aliphatic heterocycles. The average molecular weight is 269 g/mol. The first kappa shape index (κ1) is 15.0. The molecule has 1 atom stereocenters. The lowest BCUT2D eigenvalue weighted by Crippen LogP contribution is -2.38. The monoisotopic (exact) mass is 268 g/mol. The first-order valence-corrected chi connectivity index (χ1v) is 6.29. The predicted molar refractivity (Wildman–Crippen MR) is 76.1 cm³/mol. The number of carbonyl (C=O) groups is 1. The zero-order valence-electron chi connectivity index (χ0n) is 10.7. The minimum absolute atomic E-state index is 0. The molecule has 0 bridgehead atoms. The van der Waals surface area contributed by atoms with Crippen molar-refractivity contribution in [1.82, 2.24) is 5.32 Å². The molecule has 1 amide bonds. The van der Waals surface area contributed by atoms with Gasteiger partial charge in [0, 0.05) is 12.6 Å². The van der Waals surface area contributed by atoms with Gasteiger partial charge in [-0.1, -0.05) is 18.2 Å². The molecule has 1 aromatic carbocycles. The lowest BCUT2D eigenvalue weighted by molar-refractivity contribution is -0.120. The van der Waals surface area contributed by atoms with E-state index in [2.05, 4.69) is 23.5 Å². The number of hydrogen-bond acceptors (Lipinski definition) is 2. The Morgan fingerprint density at radius 2 is 2.11 bits per heavy atom. The third-order valence-electron chi connectivity index (χ3n) is 3.29. The summed E-state index contributed by atoms with van der Waals surface area (Å²) in [5.74, 6) is 0.0564.